The molecule has 2 aromatic carbocycles. The molecule has 0 spiro atoms. The number of hydrogen-bond acceptors (Lipinski definition) is 6. The molecule has 37 heavy (non-hydrogen) atoms. The van der Waals surface area contributed by atoms with Gasteiger partial charge in [0.15, 0.2) is 0 Å². The van der Waals surface area contributed by atoms with E-state index in [1.807, 2.05) is 44.2 Å². The molecule has 0 saturated heterocycles. The lowest BCUT2D eigenvalue weighted by molar-refractivity contribution is -0.129. The maximum Gasteiger partial charge on any atom is 0.408 e. The van der Waals surface area contributed by atoms with E-state index in [0.717, 1.165) is 22.3 Å². The molecule has 0 unspecified atom stereocenters. The average Bonchev–Trinajstić information content (AvgIpc) is 2.78. The number of benzene rings is 2. The number of amides is 3. The van der Waals surface area contributed by atoms with Crippen LogP contribution in [-0.4, -0.2) is 53.3 Å². The molecule has 3 atom stereocenters. The summed E-state index contributed by atoms with van der Waals surface area (Å²) in [7, 11) is 0. The van der Waals surface area contributed by atoms with E-state index < -0.39 is 29.7 Å². The molecule has 2 aromatic rings. The van der Waals surface area contributed by atoms with Gasteiger partial charge in [0.1, 0.15) is 23.4 Å². The number of phenols is 1. The molecule has 9 heteroatoms. The van der Waals surface area contributed by atoms with Gasteiger partial charge in [0.2, 0.25) is 11.8 Å². The van der Waals surface area contributed by atoms with Crippen molar-refractivity contribution in [1.29, 1.82) is 0 Å². The summed E-state index contributed by atoms with van der Waals surface area (Å²) < 4.78 is 5.34. The van der Waals surface area contributed by atoms with Crippen LogP contribution in [-0.2, 0) is 27.2 Å². The Bertz CT molecular complexity index is 1060. The lowest BCUT2D eigenvalue weighted by Crippen LogP contribution is -2.54. The number of phenolic OH excluding ortho intramolecular Hbond substituents is 1. The average molecular weight is 513 g/mol. The standard InChI is InChI=1S/C28H40N4O5/c1-17-12-22(33)13-18(2)23(17)15-24(32-27(36)37-28(4,5)6)26(35)31-19(3)25(34)30-16-21(29)14-20-10-8-7-9-11-20/h7-13,19,21,24,33H,14-16,29H2,1-6H3,(H,30,34)(H,31,35)(H,32,36)/t19-,21+,24+/m1/s1. The third kappa shape index (κ3) is 10.1. The Morgan fingerprint density at radius 1 is 0.973 bits per heavy atom. The Kier molecular flexibility index (Phi) is 10.5. The Labute approximate surface area is 219 Å². The fourth-order valence-corrected chi connectivity index (χ4v) is 3.91. The number of carbonyl (C=O) groups excluding carboxylic acids is 3. The van der Waals surface area contributed by atoms with Crippen LogP contribution < -0.4 is 21.7 Å². The predicted molar refractivity (Wildman–Crippen MR) is 143 cm³/mol. The van der Waals surface area contributed by atoms with Crippen LogP contribution in [0.1, 0.15) is 49.9 Å². The number of ether oxygens (including phenoxy) is 1. The number of aryl methyl sites for hydroxylation is 2. The summed E-state index contributed by atoms with van der Waals surface area (Å²) in [4.78, 5) is 38.3. The predicted octanol–water partition coefficient (Wildman–Crippen LogP) is 2.64. The zero-order valence-electron chi connectivity index (χ0n) is 22.6. The number of hydrogen-bond donors (Lipinski definition) is 5. The van der Waals surface area contributed by atoms with E-state index in [1.165, 1.54) is 0 Å². The molecule has 202 valence electrons. The monoisotopic (exact) mass is 512 g/mol. The van der Waals surface area contributed by atoms with Crippen molar-refractivity contribution in [2.24, 2.45) is 5.73 Å². The molecule has 0 aromatic heterocycles. The third-order valence-electron chi connectivity index (χ3n) is 5.73. The first-order valence-corrected chi connectivity index (χ1v) is 12.4. The minimum absolute atomic E-state index is 0.121. The SMILES string of the molecule is Cc1cc(O)cc(C)c1C[C@H](NC(=O)OC(C)(C)C)C(=O)N[C@H](C)C(=O)NC[C@@H](N)Cc1ccccc1. The Morgan fingerprint density at radius 2 is 1.57 bits per heavy atom. The minimum atomic E-state index is -1.01. The van der Waals surface area contributed by atoms with Gasteiger partial charge in [-0.15, -0.1) is 0 Å². The van der Waals surface area contributed by atoms with Gasteiger partial charge in [-0.1, -0.05) is 30.3 Å². The second-order valence-electron chi connectivity index (χ2n) is 10.4. The smallest absolute Gasteiger partial charge is 0.408 e. The lowest BCUT2D eigenvalue weighted by atomic mass is 9.95. The van der Waals surface area contributed by atoms with Gasteiger partial charge in [-0.3, -0.25) is 9.59 Å². The van der Waals surface area contributed by atoms with Gasteiger partial charge in [0.05, 0.1) is 0 Å². The van der Waals surface area contributed by atoms with Gasteiger partial charge in [0, 0.05) is 19.0 Å². The number of carbonyl (C=O) groups is 3. The molecule has 0 radical (unpaired) electrons. The van der Waals surface area contributed by atoms with E-state index in [2.05, 4.69) is 16.0 Å². The normalized spacial score (nSPS) is 13.7. The maximum absolute atomic E-state index is 13.2. The zero-order chi connectivity index (χ0) is 27.8. The molecule has 0 saturated carbocycles. The second kappa shape index (κ2) is 13.1. The number of aromatic hydroxyl groups is 1. The number of nitrogens with two attached hydrogens (primary N) is 1. The minimum Gasteiger partial charge on any atom is -0.508 e. The van der Waals surface area contributed by atoms with Gasteiger partial charge in [-0.2, -0.15) is 0 Å². The summed E-state index contributed by atoms with van der Waals surface area (Å²) in [5.74, 6) is -0.797. The first-order chi connectivity index (χ1) is 17.2. The summed E-state index contributed by atoms with van der Waals surface area (Å²) in [6.07, 6.45) is 0.0136. The highest BCUT2D eigenvalue weighted by atomic mass is 16.6. The van der Waals surface area contributed by atoms with E-state index in [4.69, 9.17) is 10.5 Å². The van der Waals surface area contributed by atoms with Crippen LogP contribution in [0.25, 0.3) is 0 Å². The molecule has 0 aliphatic rings. The zero-order valence-corrected chi connectivity index (χ0v) is 22.6. The highest BCUT2D eigenvalue weighted by Crippen LogP contribution is 2.22. The lowest BCUT2D eigenvalue weighted by Gasteiger charge is -2.25. The van der Waals surface area contributed by atoms with Crippen LogP contribution in [0.4, 0.5) is 4.79 Å². The largest absolute Gasteiger partial charge is 0.508 e. The Balaban J connectivity index is 2.05. The van der Waals surface area contributed by atoms with Gasteiger partial charge >= 0.3 is 6.09 Å². The molecule has 9 nitrogen and oxygen atoms in total. The molecular formula is C28H40N4O5. The summed E-state index contributed by atoms with van der Waals surface area (Å²) >= 11 is 0. The molecule has 3 amide bonds. The summed E-state index contributed by atoms with van der Waals surface area (Å²) in [5.41, 5.74) is 8.83. The topological polar surface area (TPSA) is 143 Å². The fraction of sp³-hybridized carbons (Fsp3) is 0.464. The molecular weight excluding hydrogens is 472 g/mol. The quantitative estimate of drug-likeness (QED) is 0.331. The van der Waals surface area contributed by atoms with E-state index >= 15 is 0 Å². The van der Waals surface area contributed by atoms with E-state index in [9.17, 15) is 19.5 Å². The van der Waals surface area contributed by atoms with Crippen LogP contribution in [0.5, 0.6) is 5.75 Å². The molecule has 0 fully saturated rings. The van der Waals surface area contributed by atoms with Crippen molar-refractivity contribution in [2.75, 3.05) is 6.54 Å². The first-order valence-electron chi connectivity index (χ1n) is 12.4. The van der Waals surface area contributed by atoms with E-state index in [-0.39, 0.29) is 30.7 Å². The van der Waals surface area contributed by atoms with Crippen LogP contribution in [0.2, 0.25) is 0 Å². The van der Waals surface area contributed by atoms with Gasteiger partial charge in [-0.25, -0.2) is 4.79 Å². The van der Waals surface area contributed by atoms with Crippen molar-refractivity contribution in [3.05, 3.63) is 64.7 Å². The van der Waals surface area contributed by atoms with Crippen LogP contribution >= 0.6 is 0 Å². The van der Waals surface area contributed by atoms with E-state index in [1.54, 1.807) is 39.8 Å². The Hall–Kier alpha value is -3.59. The molecule has 6 N–H and O–H groups in total. The molecule has 0 heterocycles. The van der Waals surface area contributed by atoms with Crippen molar-refractivity contribution in [2.45, 2.75) is 78.1 Å². The van der Waals surface area contributed by atoms with Crippen LogP contribution in [0, 0.1) is 13.8 Å². The van der Waals surface area contributed by atoms with Crippen LogP contribution in [0.3, 0.4) is 0 Å². The van der Waals surface area contributed by atoms with Crippen molar-refractivity contribution in [1.82, 2.24) is 16.0 Å². The molecule has 0 bridgehead atoms. The molecule has 2 rings (SSSR count). The highest BCUT2D eigenvalue weighted by Gasteiger charge is 2.28. The Morgan fingerprint density at radius 3 is 2.14 bits per heavy atom. The van der Waals surface area contributed by atoms with Crippen LogP contribution in [0.15, 0.2) is 42.5 Å². The van der Waals surface area contributed by atoms with Gasteiger partial charge in [0.25, 0.3) is 0 Å². The van der Waals surface area contributed by atoms with E-state index in [0.29, 0.717) is 6.42 Å². The van der Waals surface area contributed by atoms with Gasteiger partial charge < -0.3 is 31.5 Å². The molecule has 0 aliphatic carbocycles. The van der Waals surface area contributed by atoms with Crippen molar-refractivity contribution < 1.29 is 24.2 Å². The highest BCUT2D eigenvalue weighted by molar-refractivity contribution is 5.91. The summed E-state index contributed by atoms with van der Waals surface area (Å²) in [6.45, 7) is 10.6. The fourth-order valence-electron chi connectivity index (χ4n) is 3.91. The summed E-state index contributed by atoms with van der Waals surface area (Å²) in [6, 6.07) is 10.8. The first kappa shape index (κ1) is 29.6. The van der Waals surface area contributed by atoms with Crippen molar-refractivity contribution in [3.8, 4) is 5.75 Å². The van der Waals surface area contributed by atoms with Gasteiger partial charge in [-0.05, 0) is 82.3 Å². The maximum atomic E-state index is 13.2. The van der Waals surface area contributed by atoms with Crippen molar-refractivity contribution >= 4 is 17.9 Å². The number of rotatable bonds is 10. The number of nitrogens with one attached hydrogen (secondary N) is 3. The second-order valence-corrected chi connectivity index (χ2v) is 10.4. The number of alkyl carbamates (subject to hydrolysis) is 1. The third-order valence-corrected chi connectivity index (χ3v) is 5.73. The molecule has 0 aliphatic heterocycles. The summed E-state index contributed by atoms with van der Waals surface area (Å²) in [5, 5.41) is 17.9. The van der Waals surface area contributed by atoms with Crippen molar-refractivity contribution in [3.63, 3.8) is 0 Å².